The molecule has 0 saturated carbocycles. The number of anilines is 2. The molecule has 104 valence electrons. The van der Waals surface area contributed by atoms with Crippen molar-refractivity contribution in [2.24, 2.45) is 5.73 Å². The van der Waals surface area contributed by atoms with Gasteiger partial charge < -0.3 is 15.8 Å². The van der Waals surface area contributed by atoms with E-state index in [0.717, 1.165) is 11.3 Å². The van der Waals surface area contributed by atoms with E-state index in [1.165, 1.54) is 6.33 Å². The molecule has 0 aliphatic heterocycles. The average Bonchev–Trinajstić information content (AvgIpc) is 2.47. The van der Waals surface area contributed by atoms with E-state index in [0.29, 0.717) is 0 Å². The van der Waals surface area contributed by atoms with E-state index in [4.69, 9.17) is 10.5 Å². The summed E-state index contributed by atoms with van der Waals surface area (Å²) >= 11 is 0. The van der Waals surface area contributed by atoms with E-state index < -0.39 is 5.91 Å². The predicted molar refractivity (Wildman–Crippen MR) is 73.5 cm³/mol. The second-order valence-corrected chi connectivity index (χ2v) is 4.11. The fourth-order valence-corrected chi connectivity index (χ4v) is 1.75. The van der Waals surface area contributed by atoms with Gasteiger partial charge in [-0.1, -0.05) is 18.2 Å². The summed E-state index contributed by atoms with van der Waals surface area (Å²) in [5.74, 6) is -0.423. The lowest BCUT2D eigenvalue weighted by atomic mass is 10.1. The largest absolute Gasteiger partial charge is 0.377 e. The Morgan fingerprint density at radius 3 is 2.85 bits per heavy atom. The number of nitrogens with two attached hydrogens (primary N) is 1. The first kappa shape index (κ1) is 13.9. The molecule has 7 heteroatoms. The molecule has 1 heterocycles. The monoisotopic (exact) mass is 273 g/mol. The Bertz CT molecular complexity index is 617. The van der Waals surface area contributed by atoms with Gasteiger partial charge in [0.25, 0.3) is 5.91 Å². The minimum absolute atomic E-state index is 0.00706. The molecule has 0 saturated heterocycles. The zero-order chi connectivity index (χ0) is 14.5. The van der Waals surface area contributed by atoms with Crippen LogP contribution in [0.5, 0.6) is 0 Å². The summed E-state index contributed by atoms with van der Waals surface area (Å²) in [7, 11) is 1.63. The molecule has 2 aromatic rings. The molecule has 0 spiro atoms. The summed E-state index contributed by atoms with van der Waals surface area (Å²) in [4.78, 5) is 15.3. The molecule has 1 unspecified atom stereocenters. The van der Waals surface area contributed by atoms with E-state index in [1.807, 2.05) is 31.2 Å². The molecule has 7 nitrogen and oxygen atoms in total. The van der Waals surface area contributed by atoms with Crippen LogP contribution in [-0.4, -0.2) is 28.2 Å². The van der Waals surface area contributed by atoms with E-state index >= 15 is 0 Å². The highest BCUT2D eigenvalue weighted by Gasteiger charge is 2.15. The molecule has 1 amide bonds. The number of carbonyl (C=O) groups is 1. The first-order valence-electron chi connectivity index (χ1n) is 5.99. The van der Waals surface area contributed by atoms with Crippen LogP contribution in [0.15, 0.2) is 30.6 Å². The molecule has 2 rings (SSSR count). The Labute approximate surface area is 116 Å². The van der Waals surface area contributed by atoms with Crippen molar-refractivity contribution in [2.75, 3.05) is 12.4 Å². The maximum atomic E-state index is 11.3. The van der Waals surface area contributed by atoms with Gasteiger partial charge in [-0.2, -0.15) is 0 Å². The van der Waals surface area contributed by atoms with Gasteiger partial charge in [0.15, 0.2) is 11.5 Å². The van der Waals surface area contributed by atoms with Crippen LogP contribution in [0.1, 0.15) is 29.1 Å². The molecular weight excluding hydrogens is 258 g/mol. The van der Waals surface area contributed by atoms with Crippen LogP contribution in [0, 0.1) is 0 Å². The highest BCUT2D eigenvalue weighted by Crippen LogP contribution is 2.27. The van der Waals surface area contributed by atoms with E-state index in [2.05, 4.69) is 20.5 Å². The van der Waals surface area contributed by atoms with Crippen molar-refractivity contribution in [1.29, 1.82) is 0 Å². The van der Waals surface area contributed by atoms with Crippen molar-refractivity contribution < 1.29 is 9.53 Å². The maximum Gasteiger partial charge on any atom is 0.273 e. The van der Waals surface area contributed by atoms with E-state index in [-0.39, 0.29) is 17.6 Å². The van der Waals surface area contributed by atoms with Gasteiger partial charge in [0, 0.05) is 18.4 Å². The van der Waals surface area contributed by atoms with Crippen molar-refractivity contribution in [3.8, 4) is 0 Å². The smallest absolute Gasteiger partial charge is 0.273 e. The van der Waals surface area contributed by atoms with Crippen molar-refractivity contribution in [2.45, 2.75) is 13.0 Å². The van der Waals surface area contributed by atoms with Crippen LogP contribution in [0.25, 0.3) is 0 Å². The standard InChI is InChI=1S/C13H15N5O2/c1-8(20-2)9-5-3-4-6-10(9)17-13-11(12(14)19)18-16-7-15-13/h3-8H,1-2H3,(H2,14,19)(H,15,16,17). The van der Waals surface area contributed by atoms with Crippen LogP contribution < -0.4 is 11.1 Å². The number of para-hydroxylation sites is 1. The molecule has 0 radical (unpaired) electrons. The third-order valence-corrected chi connectivity index (χ3v) is 2.86. The Morgan fingerprint density at radius 2 is 2.15 bits per heavy atom. The van der Waals surface area contributed by atoms with E-state index in [1.54, 1.807) is 7.11 Å². The van der Waals surface area contributed by atoms with E-state index in [9.17, 15) is 4.79 Å². The zero-order valence-electron chi connectivity index (χ0n) is 11.2. The van der Waals surface area contributed by atoms with Gasteiger partial charge >= 0.3 is 0 Å². The molecule has 3 N–H and O–H groups in total. The lowest BCUT2D eigenvalue weighted by Gasteiger charge is -2.16. The second kappa shape index (κ2) is 6.07. The number of carbonyl (C=O) groups excluding carboxylic acids is 1. The van der Waals surface area contributed by atoms with Crippen LogP contribution in [0.3, 0.4) is 0 Å². The number of nitrogens with zero attached hydrogens (tertiary/aromatic N) is 3. The molecule has 0 aliphatic rings. The molecule has 1 aromatic carbocycles. The van der Waals surface area contributed by atoms with Gasteiger partial charge in [-0.3, -0.25) is 4.79 Å². The number of methoxy groups -OCH3 is 1. The van der Waals surface area contributed by atoms with Gasteiger partial charge in [0.1, 0.15) is 6.33 Å². The lowest BCUT2D eigenvalue weighted by Crippen LogP contribution is -2.17. The fourth-order valence-electron chi connectivity index (χ4n) is 1.75. The van der Waals surface area contributed by atoms with Gasteiger partial charge in [-0.15, -0.1) is 10.2 Å². The Balaban J connectivity index is 2.38. The quantitative estimate of drug-likeness (QED) is 0.854. The van der Waals surface area contributed by atoms with Gasteiger partial charge in [0.2, 0.25) is 0 Å². The third kappa shape index (κ3) is 2.89. The average molecular weight is 273 g/mol. The van der Waals surface area contributed by atoms with Crippen LogP contribution in [-0.2, 0) is 4.74 Å². The summed E-state index contributed by atoms with van der Waals surface area (Å²) in [5.41, 5.74) is 6.94. The number of rotatable bonds is 5. The van der Waals surface area contributed by atoms with Crippen LogP contribution in [0.4, 0.5) is 11.5 Å². The predicted octanol–water partition coefficient (Wildman–Crippen LogP) is 1.42. The minimum Gasteiger partial charge on any atom is -0.377 e. The number of nitrogens with one attached hydrogen (secondary N) is 1. The first-order chi connectivity index (χ1) is 9.63. The molecule has 0 bridgehead atoms. The molecule has 1 aromatic heterocycles. The first-order valence-corrected chi connectivity index (χ1v) is 5.99. The minimum atomic E-state index is -0.689. The zero-order valence-corrected chi connectivity index (χ0v) is 11.2. The summed E-state index contributed by atoms with van der Waals surface area (Å²) in [5, 5.41) is 10.3. The molecule has 0 aliphatic carbocycles. The molecule has 0 fully saturated rings. The van der Waals surface area contributed by atoms with Crippen LogP contribution >= 0.6 is 0 Å². The van der Waals surface area contributed by atoms with Crippen molar-refractivity contribution in [3.63, 3.8) is 0 Å². The lowest BCUT2D eigenvalue weighted by molar-refractivity contribution is 0.0995. The van der Waals surface area contributed by atoms with Crippen molar-refractivity contribution >= 4 is 17.4 Å². The summed E-state index contributed by atoms with van der Waals surface area (Å²) in [6.07, 6.45) is 1.14. The number of hydrogen-bond donors (Lipinski definition) is 2. The highest BCUT2D eigenvalue weighted by molar-refractivity contribution is 5.96. The second-order valence-electron chi connectivity index (χ2n) is 4.11. The van der Waals surface area contributed by atoms with Crippen molar-refractivity contribution in [3.05, 3.63) is 41.9 Å². The fraction of sp³-hybridized carbons (Fsp3) is 0.231. The number of ether oxygens (including phenoxy) is 1. The number of primary amides is 1. The SMILES string of the molecule is COC(C)c1ccccc1Nc1ncnnc1C(N)=O. The number of aromatic nitrogens is 3. The number of amides is 1. The van der Waals surface area contributed by atoms with Gasteiger partial charge in [0.05, 0.1) is 6.10 Å². The van der Waals surface area contributed by atoms with Crippen LogP contribution in [0.2, 0.25) is 0 Å². The Kier molecular flexibility index (Phi) is 4.21. The maximum absolute atomic E-state index is 11.3. The Hall–Kier alpha value is -2.54. The topological polar surface area (TPSA) is 103 Å². The number of hydrogen-bond acceptors (Lipinski definition) is 6. The summed E-state index contributed by atoms with van der Waals surface area (Å²) in [6.45, 7) is 1.92. The normalized spacial score (nSPS) is 11.9. The summed E-state index contributed by atoms with van der Waals surface area (Å²) < 4.78 is 5.31. The van der Waals surface area contributed by atoms with Crippen molar-refractivity contribution in [1.82, 2.24) is 15.2 Å². The third-order valence-electron chi connectivity index (χ3n) is 2.86. The summed E-state index contributed by atoms with van der Waals surface area (Å²) in [6, 6.07) is 7.56. The highest BCUT2D eigenvalue weighted by atomic mass is 16.5. The molecule has 1 atom stereocenters. The van der Waals surface area contributed by atoms with Gasteiger partial charge in [-0.05, 0) is 13.0 Å². The van der Waals surface area contributed by atoms with Gasteiger partial charge in [-0.25, -0.2) is 4.98 Å². The Morgan fingerprint density at radius 1 is 1.40 bits per heavy atom. The molecule has 20 heavy (non-hydrogen) atoms. The molecular formula is C13H15N5O2. The number of benzene rings is 1.